The van der Waals surface area contributed by atoms with E-state index in [0.717, 1.165) is 12.5 Å². The molecule has 19 heavy (non-hydrogen) atoms. The fourth-order valence-electron chi connectivity index (χ4n) is 3.57. The van der Waals surface area contributed by atoms with Gasteiger partial charge in [0.25, 0.3) is 6.33 Å². The Morgan fingerprint density at radius 1 is 1.21 bits per heavy atom. The molecule has 5 heteroatoms. The summed E-state index contributed by atoms with van der Waals surface area (Å²) >= 11 is 0. The molecule has 0 aromatic carbocycles. The average molecular weight is 375 g/mol. The van der Waals surface area contributed by atoms with Gasteiger partial charge in [0, 0.05) is 12.6 Å². The zero-order chi connectivity index (χ0) is 12.5. The van der Waals surface area contributed by atoms with Crippen LogP contribution in [0.25, 0.3) is 0 Å². The molecule has 1 aliphatic heterocycles. The van der Waals surface area contributed by atoms with Gasteiger partial charge in [-0.1, -0.05) is 12.8 Å². The minimum atomic E-state index is 0. The summed E-state index contributed by atoms with van der Waals surface area (Å²) in [4.78, 5) is 14.6. The number of nitrogens with zero attached hydrogens (tertiary/aromatic N) is 3. The van der Waals surface area contributed by atoms with Crippen LogP contribution in [0.2, 0.25) is 0 Å². The molecule has 4 nitrogen and oxygen atoms in total. The van der Waals surface area contributed by atoms with Gasteiger partial charge in [-0.2, -0.15) is 4.57 Å². The highest BCUT2D eigenvalue weighted by atomic mass is 127. The summed E-state index contributed by atoms with van der Waals surface area (Å²) in [5.41, 5.74) is 0. The van der Waals surface area contributed by atoms with E-state index in [-0.39, 0.29) is 30.0 Å². The van der Waals surface area contributed by atoms with Gasteiger partial charge in [0.1, 0.15) is 12.4 Å². The highest BCUT2D eigenvalue weighted by Gasteiger charge is 2.38. The Labute approximate surface area is 131 Å². The van der Waals surface area contributed by atoms with Gasteiger partial charge in [0.2, 0.25) is 0 Å². The van der Waals surface area contributed by atoms with Crippen LogP contribution < -0.4 is 28.5 Å². The first-order valence-electron chi connectivity index (χ1n) is 7.10. The highest BCUT2D eigenvalue weighted by molar-refractivity contribution is 5.77. The molecule has 1 unspecified atom stereocenters. The SMILES string of the molecule is C[n+]1ccn(C(=O)N2CCCC2C2CCCC2)c1.[I-]. The van der Waals surface area contributed by atoms with Gasteiger partial charge in [0.15, 0.2) is 0 Å². The molecule has 0 N–H and O–H groups in total. The van der Waals surface area contributed by atoms with E-state index in [1.165, 1.54) is 38.5 Å². The molecule has 1 saturated heterocycles. The summed E-state index contributed by atoms with van der Waals surface area (Å²) in [6, 6.07) is 0.651. The maximum absolute atomic E-state index is 12.5. The molecule has 1 aromatic heterocycles. The topological polar surface area (TPSA) is 29.1 Å². The first kappa shape index (κ1) is 14.8. The number of hydrogen-bond acceptors (Lipinski definition) is 1. The molecule has 106 valence electrons. The maximum atomic E-state index is 12.5. The van der Waals surface area contributed by atoms with Crippen LogP contribution in [0.4, 0.5) is 4.79 Å². The quantitative estimate of drug-likeness (QED) is 0.455. The van der Waals surface area contributed by atoms with E-state index in [1.54, 1.807) is 4.57 Å². The summed E-state index contributed by atoms with van der Waals surface area (Å²) in [5.74, 6) is 0.751. The van der Waals surface area contributed by atoms with Crippen LogP contribution in [0, 0.1) is 5.92 Å². The summed E-state index contributed by atoms with van der Waals surface area (Å²) < 4.78 is 3.63. The zero-order valence-corrected chi connectivity index (χ0v) is 13.6. The normalized spacial score (nSPS) is 23.6. The van der Waals surface area contributed by atoms with Crippen molar-refractivity contribution in [2.24, 2.45) is 13.0 Å². The first-order chi connectivity index (χ1) is 8.75. The Kier molecular flexibility index (Phi) is 4.86. The lowest BCUT2D eigenvalue weighted by Gasteiger charge is -2.27. The van der Waals surface area contributed by atoms with Crippen molar-refractivity contribution in [2.45, 2.75) is 44.6 Å². The third-order valence-electron chi connectivity index (χ3n) is 4.48. The van der Waals surface area contributed by atoms with E-state index in [1.807, 2.05) is 30.3 Å². The number of halogens is 1. The van der Waals surface area contributed by atoms with Gasteiger partial charge in [-0.25, -0.2) is 9.36 Å². The Morgan fingerprint density at radius 3 is 2.58 bits per heavy atom. The minimum absolute atomic E-state index is 0. The predicted octanol–water partition coefficient (Wildman–Crippen LogP) is -1.06. The number of carbonyl (C=O) groups is 1. The van der Waals surface area contributed by atoms with Crippen molar-refractivity contribution in [1.29, 1.82) is 0 Å². The fourth-order valence-corrected chi connectivity index (χ4v) is 3.57. The third kappa shape index (κ3) is 2.95. The Bertz CT molecular complexity index is 440. The minimum Gasteiger partial charge on any atom is -1.00 e. The summed E-state index contributed by atoms with van der Waals surface area (Å²) in [6.45, 7) is 0.932. The van der Waals surface area contributed by atoms with Gasteiger partial charge in [0.05, 0.1) is 7.05 Å². The molecule has 0 bridgehead atoms. The van der Waals surface area contributed by atoms with Crippen LogP contribution in [0.3, 0.4) is 0 Å². The van der Waals surface area contributed by atoms with Crippen LogP contribution in [0.1, 0.15) is 38.5 Å². The molecule has 1 aromatic rings. The number of aryl methyl sites for hydroxylation is 1. The molecule has 0 radical (unpaired) electrons. The molecule has 0 spiro atoms. The fraction of sp³-hybridized carbons (Fsp3) is 0.714. The third-order valence-corrected chi connectivity index (χ3v) is 4.48. The van der Waals surface area contributed by atoms with Crippen molar-refractivity contribution < 1.29 is 33.3 Å². The van der Waals surface area contributed by atoms with Crippen molar-refractivity contribution in [1.82, 2.24) is 9.47 Å². The van der Waals surface area contributed by atoms with Crippen molar-refractivity contribution in [2.75, 3.05) is 6.54 Å². The van der Waals surface area contributed by atoms with Gasteiger partial charge < -0.3 is 28.9 Å². The Balaban J connectivity index is 0.00000133. The van der Waals surface area contributed by atoms with Crippen molar-refractivity contribution in [3.8, 4) is 0 Å². The lowest BCUT2D eigenvalue weighted by atomic mass is 9.96. The van der Waals surface area contributed by atoms with E-state index in [9.17, 15) is 4.79 Å². The van der Waals surface area contributed by atoms with E-state index >= 15 is 0 Å². The number of imidazole rings is 1. The maximum Gasteiger partial charge on any atom is 0.416 e. The second-order valence-electron chi connectivity index (χ2n) is 5.72. The average Bonchev–Trinajstić information content (AvgIpc) is 3.08. The van der Waals surface area contributed by atoms with Crippen molar-refractivity contribution >= 4 is 6.03 Å². The number of aromatic nitrogens is 2. The van der Waals surface area contributed by atoms with Gasteiger partial charge >= 0.3 is 6.03 Å². The number of amides is 1. The summed E-state index contributed by atoms with van der Waals surface area (Å²) in [6.07, 6.45) is 13.3. The lowest BCUT2D eigenvalue weighted by molar-refractivity contribution is -0.670. The number of carbonyl (C=O) groups excluding carboxylic acids is 1. The molecule has 1 amide bonds. The lowest BCUT2D eigenvalue weighted by Crippen LogP contribution is -3.00. The van der Waals surface area contributed by atoms with Crippen LogP contribution in [0.5, 0.6) is 0 Å². The zero-order valence-electron chi connectivity index (χ0n) is 11.5. The molecule has 2 fully saturated rings. The van der Waals surface area contributed by atoms with Crippen LogP contribution in [-0.4, -0.2) is 28.1 Å². The summed E-state index contributed by atoms with van der Waals surface area (Å²) in [7, 11) is 1.95. The largest absolute Gasteiger partial charge is 1.00 e. The summed E-state index contributed by atoms with van der Waals surface area (Å²) in [5, 5.41) is 0. The standard InChI is InChI=1S/C14H22N3O.HI/c1-15-9-10-16(11-15)14(18)17-8-4-7-13(17)12-5-2-3-6-12;/h9-13H,2-8H2,1H3;1H/q+1;/p-1. The van der Waals surface area contributed by atoms with E-state index < -0.39 is 0 Å². The molecule has 1 aliphatic carbocycles. The second kappa shape index (κ2) is 6.24. The van der Waals surface area contributed by atoms with E-state index in [4.69, 9.17) is 0 Å². The van der Waals surface area contributed by atoms with E-state index in [2.05, 4.69) is 4.90 Å². The second-order valence-corrected chi connectivity index (χ2v) is 5.72. The highest BCUT2D eigenvalue weighted by Crippen LogP contribution is 2.35. The van der Waals surface area contributed by atoms with Gasteiger partial charge in [-0.15, -0.1) is 0 Å². The molecular weight excluding hydrogens is 353 g/mol. The van der Waals surface area contributed by atoms with Crippen molar-refractivity contribution in [3.05, 3.63) is 18.7 Å². The van der Waals surface area contributed by atoms with Crippen molar-refractivity contribution in [3.63, 3.8) is 0 Å². The van der Waals surface area contributed by atoms with Gasteiger partial charge in [-0.3, -0.25) is 0 Å². The number of rotatable bonds is 1. The Morgan fingerprint density at radius 2 is 1.95 bits per heavy atom. The predicted molar refractivity (Wildman–Crippen MR) is 68.1 cm³/mol. The number of likely N-dealkylation sites (tertiary alicyclic amines) is 1. The van der Waals surface area contributed by atoms with Crippen LogP contribution >= 0.6 is 0 Å². The smallest absolute Gasteiger partial charge is 0.416 e. The molecule has 1 saturated carbocycles. The Hall–Kier alpha value is -0.590. The van der Waals surface area contributed by atoms with Gasteiger partial charge in [-0.05, 0) is 31.6 Å². The van der Waals surface area contributed by atoms with Crippen LogP contribution in [-0.2, 0) is 7.05 Å². The van der Waals surface area contributed by atoms with E-state index in [0.29, 0.717) is 6.04 Å². The molecule has 3 rings (SSSR count). The molecule has 1 atom stereocenters. The molecular formula is C14H22IN3O. The molecule has 2 heterocycles. The number of hydrogen-bond donors (Lipinski definition) is 0. The molecule has 2 aliphatic rings. The monoisotopic (exact) mass is 375 g/mol. The van der Waals surface area contributed by atoms with Crippen LogP contribution in [0.15, 0.2) is 18.7 Å². The first-order valence-corrected chi connectivity index (χ1v) is 7.10.